The van der Waals surface area contributed by atoms with Crippen LogP contribution in [0.15, 0.2) is 30.3 Å². The maximum Gasteiger partial charge on any atom is 0.228 e. The molecule has 0 aromatic heterocycles. The molecule has 2 atom stereocenters. The van der Waals surface area contributed by atoms with Crippen molar-refractivity contribution in [3.05, 3.63) is 35.9 Å². The monoisotopic (exact) mass is 341 g/mol. The second kappa shape index (κ2) is 7.46. The van der Waals surface area contributed by atoms with E-state index in [1.54, 1.807) is 0 Å². The van der Waals surface area contributed by atoms with Crippen molar-refractivity contribution in [2.75, 3.05) is 26.2 Å². The Morgan fingerprint density at radius 2 is 1.96 bits per heavy atom. The summed E-state index contributed by atoms with van der Waals surface area (Å²) in [7, 11) is 0. The molecule has 0 spiro atoms. The van der Waals surface area contributed by atoms with Crippen LogP contribution in [0.5, 0.6) is 0 Å². The molecule has 2 N–H and O–H groups in total. The average Bonchev–Trinajstić information content (AvgIpc) is 3.10. The SMILES string of the molecule is O=C(NC1CCN(Cc2ccccc2)CC1)[C@@]12CCCC[C@H]1CNC2. The number of hydrogen-bond donors (Lipinski definition) is 2. The highest BCUT2D eigenvalue weighted by atomic mass is 16.2. The molecule has 3 aliphatic rings. The van der Waals surface area contributed by atoms with Crippen molar-refractivity contribution >= 4 is 5.91 Å². The van der Waals surface area contributed by atoms with Gasteiger partial charge in [0.15, 0.2) is 0 Å². The fourth-order valence-corrected chi connectivity index (χ4v) is 5.10. The number of carbonyl (C=O) groups excluding carboxylic acids is 1. The predicted octanol–water partition coefficient (Wildman–Crippen LogP) is 2.55. The van der Waals surface area contributed by atoms with E-state index < -0.39 is 0 Å². The van der Waals surface area contributed by atoms with Gasteiger partial charge in [0.2, 0.25) is 5.91 Å². The Hall–Kier alpha value is -1.39. The van der Waals surface area contributed by atoms with Gasteiger partial charge < -0.3 is 10.6 Å². The molecule has 25 heavy (non-hydrogen) atoms. The lowest BCUT2D eigenvalue weighted by Gasteiger charge is -2.39. The van der Waals surface area contributed by atoms with Gasteiger partial charge >= 0.3 is 0 Å². The molecule has 1 aromatic rings. The molecular weight excluding hydrogens is 310 g/mol. The molecule has 0 unspecified atom stereocenters. The fourth-order valence-electron chi connectivity index (χ4n) is 5.10. The van der Waals surface area contributed by atoms with Crippen molar-refractivity contribution in [2.24, 2.45) is 11.3 Å². The van der Waals surface area contributed by atoms with E-state index in [1.807, 2.05) is 0 Å². The predicted molar refractivity (Wildman–Crippen MR) is 100 cm³/mol. The average molecular weight is 341 g/mol. The van der Waals surface area contributed by atoms with E-state index >= 15 is 0 Å². The first kappa shape index (κ1) is 17.0. The summed E-state index contributed by atoms with van der Waals surface area (Å²) in [6.45, 7) is 5.10. The number of fused-ring (bicyclic) bond motifs is 1. The zero-order chi connectivity index (χ0) is 17.1. The number of nitrogens with one attached hydrogen (secondary N) is 2. The van der Waals surface area contributed by atoms with Crippen LogP contribution in [0.3, 0.4) is 0 Å². The third kappa shape index (κ3) is 3.61. The van der Waals surface area contributed by atoms with Gasteiger partial charge in [0.05, 0.1) is 5.41 Å². The molecule has 0 bridgehead atoms. The summed E-state index contributed by atoms with van der Waals surface area (Å²) in [6, 6.07) is 11.0. The Labute approximate surface area is 151 Å². The second-order valence-electron chi connectivity index (χ2n) is 8.24. The van der Waals surface area contributed by atoms with Gasteiger partial charge in [0, 0.05) is 32.2 Å². The minimum absolute atomic E-state index is 0.112. The molecule has 0 radical (unpaired) electrons. The lowest BCUT2D eigenvalue weighted by atomic mass is 9.67. The van der Waals surface area contributed by atoms with Crippen molar-refractivity contribution in [1.82, 2.24) is 15.5 Å². The molecule has 3 fully saturated rings. The fraction of sp³-hybridized carbons (Fsp3) is 0.667. The number of nitrogens with zero attached hydrogens (tertiary/aromatic N) is 1. The Morgan fingerprint density at radius 3 is 2.76 bits per heavy atom. The van der Waals surface area contributed by atoms with E-state index in [9.17, 15) is 4.79 Å². The molecular formula is C21H31N3O. The molecule has 1 saturated carbocycles. The number of carbonyl (C=O) groups is 1. The quantitative estimate of drug-likeness (QED) is 0.885. The first-order chi connectivity index (χ1) is 12.3. The molecule has 136 valence electrons. The topological polar surface area (TPSA) is 44.4 Å². The summed E-state index contributed by atoms with van der Waals surface area (Å²) in [5.74, 6) is 0.892. The molecule has 4 nitrogen and oxygen atoms in total. The molecule has 1 amide bonds. The van der Waals surface area contributed by atoms with Crippen LogP contribution in [0.25, 0.3) is 0 Å². The number of piperidine rings is 1. The minimum Gasteiger partial charge on any atom is -0.353 e. The molecule has 2 saturated heterocycles. The maximum absolute atomic E-state index is 13.1. The molecule has 4 rings (SSSR count). The molecule has 1 aromatic carbocycles. The van der Waals surface area contributed by atoms with Crippen LogP contribution in [0.4, 0.5) is 0 Å². The summed E-state index contributed by atoms with van der Waals surface area (Å²) in [5, 5.41) is 6.92. The van der Waals surface area contributed by atoms with Crippen LogP contribution < -0.4 is 10.6 Å². The largest absolute Gasteiger partial charge is 0.353 e. The van der Waals surface area contributed by atoms with Crippen molar-refractivity contribution in [2.45, 2.75) is 51.1 Å². The summed E-state index contributed by atoms with van der Waals surface area (Å²) in [6.07, 6.45) is 6.94. The number of hydrogen-bond acceptors (Lipinski definition) is 3. The van der Waals surface area contributed by atoms with Crippen molar-refractivity contribution in [3.63, 3.8) is 0 Å². The van der Waals surface area contributed by atoms with Crippen molar-refractivity contribution in [1.29, 1.82) is 0 Å². The normalized spacial score (nSPS) is 30.8. The highest BCUT2D eigenvalue weighted by Gasteiger charge is 2.50. The Morgan fingerprint density at radius 1 is 1.16 bits per heavy atom. The van der Waals surface area contributed by atoms with Gasteiger partial charge in [-0.3, -0.25) is 9.69 Å². The van der Waals surface area contributed by atoms with Gasteiger partial charge in [0.25, 0.3) is 0 Å². The zero-order valence-corrected chi connectivity index (χ0v) is 15.2. The van der Waals surface area contributed by atoms with E-state index in [1.165, 1.54) is 24.8 Å². The van der Waals surface area contributed by atoms with E-state index in [4.69, 9.17) is 0 Å². The molecule has 1 aliphatic carbocycles. The number of rotatable bonds is 4. The Kier molecular flexibility index (Phi) is 5.09. The van der Waals surface area contributed by atoms with Crippen LogP contribution in [0.1, 0.15) is 44.1 Å². The van der Waals surface area contributed by atoms with Gasteiger partial charge in [-0.05, 0) is 43.7 Å². The summed E-state index contributed by atoms with van der Waals surface area (Å²) < 4.78 is 0. The van der Waals surface area contributed by atoms with Gasteiger partial charge in [0.1, 0.15) is 0 Å². The number of benzene rings is 1. The molecule has 4 heteroatoms. The van der Waals surface area contributed by atoms with Gasteiger partial charge in [-0.25, -0.2) is 0 Å². The van der Waals surface area contributed by atoms with E-state index in [0.29, 0.717) is 17.9 Å². The third-order valence-corrected chi connectivity index (χ3v) is 6.66. The smallest absolute Gasteiger partial charge is 0.228 e. The van der Waals surface area contributed by atoms with Crippen molar-refractivity contribution in [3.8, 4) is 0 Å². The lowest BCUT2D eigenvalue weighted by Crippen LogP contribution is -2.53. The maximum atomic E-state index is 13.1. The number of likely N-dealkylation sites (tertiary alicyclic amines) is 1. The Balaban J connectivity index is 1.29. The van der Waals surface area contributed by atoms with Gasteiger partial charge in [-0.2, -0.15) is 0 Å². The summed E-state index contributed by atoms with van der Waals surface area (Å²) in [4.78, 5) is 15.6. The molecule has 2 heterocycles. The van der Waals surface area contributed by atoms with Gasteiger partial charge in [-0.15, -0.1) is 0 Å². The third-order valence-electron chi connectivity index (χ3n) is 6.66. The first-order valence-corrected chi connectivity index (χ1v) is 10.0. The van der Waals surface area contributed by atoms with Crippen molar-refractivity contribution < 1.29 is 4.79 Å². The van der Waals surface area contributed by atoms with Crippen LogP contribution in [-0.4, -0.2) is 43.0 Å². The summed E-state index contributed by atoms with van der Waals surface area (Å²) >= 11 is 0. The van der Waals surface area contributed by atoms with E-state index in [-0.39, 0.29) is 5.41 Å². The van der Waals surface area contributed by atoms with E-state index in [0.717, 1.165) is 52.0 Å². The van der Waals surface area contributed by atoms with Crippen LogP contribution in [0.2, 0.25) is 0 Å². The first-order valence-electron chi connectivity index (χ1n) is 10.0. The highest BCUT2D eigenvalue weighted by molar-refractivity contribution is 5.84. The minimum atomic E-state index is -0.112. The number of amides is 1. The summed E-state index contributed by atoms with van der Waals surface area (Å²) in [5.41, 5.74) is 1.27. The second-order valence-corrected chi connectivity index (χ2v) is 8.24. The van der Waals surface area contributed by atoms with E-state index in [2.05, 4.69) is 45.9 Å². The zero-order valence-electron chi connectivity index (χ0n) is 15.2. The van der Waals surface area contributed by atoms with Crippen LogP contribution in [0, 0.1) is 11.3 Å². The van der Waals surface area contributed by atoms with Crippen LogP contribution >= 0.6 is 0 Å². The molecule has 2 aliphatic heterocycles. The van der Waals surface area contributed by atoms with Gasteiger partial charge in [-0.1, -0.05) is 43.2 Å². The van der Waals surface area contributed by atoms with Crippen LogP contribution in [-0.2, 0) is 11.3 Å². The highest BCUT2D eigenvalue weighted by Crippen LogP contribution is 2.44. The Bertz CT molecular complexity index is 582. The lowest BCUT2D eigenvalue weighted by molar-refractivity contribution is -0.135. The standard InChI is InChI=1S/C21H31N3O/c25-20(21-11-5-4-8-18(21)14-22-16-21)23-19-9-12-24(13-10-19)15-17-6-2-1-3-7-17/h1-3,6-7,18-19,22H,4-5,8-16H2,(H,23,25)/t18-,21+/m0/s1.